The minimum atomic E-state index is -0.164. The van der Waals surface area contributed by atoms with Gasteiger partial charge in [-0.1, -0.05) is 17.7 Å². The fourth-order valence-electron chi connectivity index (χ4n) is 2.63. The number of nitrogens with zero attached hydrogens (tertiary/aromatic N) is 4. The Bertz CT molecular complexity index is 773. The Balaban J connectivity index is 1.67. The van der Waals surface area contributed by atoms with Gasteiger partial charge in [0.05, 0.1) is 35.6 Å². The van der Waals surface area contributed by atoms with Crippen LogP contribution in [0.25, 0.3) is 0 Å². The lowest BCUT2D eigenvalue weighted by molar-refractivity contribution is 0.0516. The number of likely N-dealkylation sites (tertiary alicyclic amines) is 1. The van der Waals surface area contributed by atoms with E-state index in [2.05, 4.69) is 9.97 Å². The van der Waals surface area contributed by atoms with Crippen LogP contribution in [0.4, 0.5) is 0 Å². The number of hydrogen-bond acceptors (Lipinski definition) is 5. The molecule has 0 aliphatic carbocycles. The molecule has 0 saturated carbocycles. The van der Waals surface area contributed by atoms with Gasteiger partial charge in [-0.2, -0.15) is 5.26 Å². The summed E-state index contributed by atoms with van der Waals surface area (Å²) in [5, 5.41) is 9.41. The third-order valence-corrected chi connectivity index (χ3v) is 3.97. The maximum Gasteiger partial charge on any atom is 0.316 e. The third-order valence-electron chi connectivity index (χ3n) is 3.77. The van der Waals surface area contributed by atoms with E-state index in [-0.39, 0.29) is 18.0 Å². The summed E-state index contributed by atoms with van der Waals surface area (Å²) in [6.45, 7) is 1.12. The van der Waals surface area contributed by atoms with E-state index in [0.717, 1.165) is 12.8 Å². The summed E-state index contributed by atoms with van der Waals surface area (Å²) in [6, 6.07) is 9.02. The second kappa shape index (κ2) is 7.28. The molecule has 1 atom stereocenters. The van der Waals surface area contributed by atoms with E-state index < -0.39 is 0 Å². The lowest BCUT2D eigenvalue weighted by Crippen LogP contribution is -2.44. The highest BCUT2D eigenvalue weighted by atomic mass is 35.5. The first-order valence-corrected chi connectivity index (χ1v) is 7.97. The van der Waals surface area contributed by atoms with Crippen molar-refractivity contribution in [3.05, 3.63) is 52.8 Å². The van der Waals surface area contributed by atoms with Gasteiger partial charge in [-0.05, 0) is 31.0 Å². The molecule has 7 heteroatoms. The van der Waals surface area contributed by atoms with E-state index in [0.29, 0.717) is 29.2 Å². The van der Waals surface area contributed by atoms with Crippen LogP contribution < -0.4 is 4.74 Å². The van der Waals surface area contributed by atoms with Crippen LogP contribution in [-0.2, 0) is 0 Å². The molecule has 2 heterocycles. The van der Waals surface area contributed by atoms with Gasteiger partial charge in [-0.3, -0.25) is 4.79 Å². The van der Waals surface area contributed by atoms with E-state index in [4.69, 9.17) is 21.6 Å². The van der Waals surface area contributed by atoms with Crippen LogP contribution in [0.5, 0.6) is 6.01 Å². The van der Waals surface area contributed by atoms with Gasteiger partial charge < -0.3 is 9.64 Å². The molecule has 1 amide bonds. The maximum absolute atomic E-state index is 12.6. The zero-order valence-electron chi connectivity index (χ0n) is 12.9. The zero-order valence-corrected chi connectivity index (χ0v) is 13.6. The quantitative estimate of drug-likeness (QED) is 0.856. The summed E-state index contributed by atoms with van der Waals surface area (Å²) in [5.74, 6) is -0.0996. The molecule has 0 radical (unpaired) electrons. The Hall–Kier alpha value is -2.65. The number of benzene rings is 1. The molecule has 1 saturated heterocycles. The average molecular weight is 343 g/mol. The van der Waals surface area contributed by atoms with Crippen LogP contribution in [-0.4, -0.2) is 40.0 Å². The molecule has 0 bridgehead atoms. The van der Waals surface area contributed by atoms with Gasteiger partial charge in [-0.25, -0.2) is 9.97 Å². The van der Waals surface area contributed by atoms with Gasteiger partial charge >= 0.3 is 6.01 Å². The van der Waals surface area contributed by atoms with Crippen LogP contribution in [0, 0.1) is 11.3 Å². The molecule has 6 nitrogen and oxygen atoms in total. The predicted molar refractivity (Wildman–Crippen MR) is 87.8 cm³/mol. The van der Waals surface area contributed by atoms with Crippen molar-refractivity contribution < 1.29 is 9.53 Å². The number of carbonyl (C=O) groups excluding carboxylic acids is 1. The van der Waals surface area contributed by atoms with Gasteiger partial charge in [-0.15, -0.1) is 0 Å². The molecular weight excluding hydrogens is 328 g/mol. The van der Waals surface area contributed by atoms with Crippen molar-refractivity contribution in [2.75, 3.05) is 13.1 Å². The summed E-state index contributed by atoms with van der Waals surface area (Å²) in [6.07, 6.45) is 4.45. The smallest absolute Gasteiger partial charge is 0.316 e. The first kappa shape index (κ1) is 16.2. The first-order valence-electron chi connectivity index (χ1n) is 7.59. The van der Waals surface area contributed by atoms with E-state index >= 15 is 0 Å². The number of hydrogen-bond donors (Lipinski definition) is 0. The van der Waals surface area contributed by atoms with Gasteiger partial charge in [0.2, 0.25) is 0 Å². The maximum atomic E-state index is 12.6. The summed E-state index contributed by atoms with van der Waals surface area (Å²) >= 11 is 5.76. The molecule has 24 heavy (non-hydrogen) atoms. The number of ether oxygens (including phenoxy) is 1. The van der Waals surface area contributed by atoms with Crippen molar-refractivity contribution in [1.29, 1.82) is 5.26 Å². The largest absolute Gasteiger partial charge is 0.458 e. The van der Waals surface area contributed by atoms with Crippen LogP contribution >= 0.6 is 11.6 Å². The monoisotopic (exact) mass is 342 g/mol. The Morgan fingerprint density at radius 2 is 2.17 bits per heavy atom. The van der Waals surface area contributed by atoms with Gasteiger partial charge in [0.15, 0.2) is 0 Å². The zero-order chi connectivity index (χ0) is 16.9. The van der Waals surface area contributed by atoms with E-state index in [1.54, 1.807) is 29.2 Å². The summed E-state index contributed by atoms with van der Waals surface area (Å²) in [4.78, 5) is 22.4. The number of nitriles is 1. The number of halogens is 1. The van der Waals surface area contributed by atoms with Crippen molar-refractivity contribution in [2.45, 2.75) is 18.9 Å². The number of piperidine rings is 1. The van der Waals surface area contributed by atoms with Crippen molar-refractivity contribution in [1.82, 2.24) is 14.9 Å². The number of amides is 1. The molecule has 1 aliphatic rings. The molecule has 1 fully saturated rings. The Labute approximate surface area is 144 Å². The number of carbonyl (C=O) groups is 1. The van der Waals surface area contributed by atoms with Crippen molar-refractivity contribution in [3.63, 3.8) is 0 Å². The molecule has 0 N–H and O–H groups in total. The van der Waals surface area contributed by atoms with Crippen LogP contribution in [0.15, 0.2) is 36.7 Å². The normalized spacial score (nSPS) is 17.2. The first-order chi connectivity index (χ1) is 11.7. The molecule has 1 unspecified atom stereocenters. The predicted octanol–water partition coefficient (Wildman–Crippen LogP) is 2.69. The highest BCUT2D eigenvalue weighted by Crippen LogP contribution is 2.18. The Morgan fingerprint density at radius 1 is 1.38 bits per heavy atom. The average Bonchev–Trinajstić information content (AvgIpc) is 2.63. The summed E-state index contributed by atoms with van der Waals surface area (Å²) < 4.78 is 5.74. The van der Waals surface area contributed by atoms with E-state index in [1.807, 2.05) is 6.07 Å². The van der Waals surface area contributed by atoms with Gasteiger partial charge in [0, 0.05) is 12.1 Å². The molecular formula is C17H15ClN4O2. The second-order valence-electron chi connectivity index (χ2n) is 5.51. The van der Waals surface area contributed by atoms with Crippen LogP contribution in [0.2, 0.25) is 5.02 Å². The van der Waals surface area contributed by atoms with Crippen LogP contribution in [0.3, 0.4) is 0 Å². The summed E-state index contributed by atoms with van der Waals surface area (Å²) in [7, 11) is 0. The summed E-state index contributed by atoms with van der Waals surface area (Å²) in [5.41, 5.74) is 0.984. The van der Waals surface area contributed by atoms with E-state index in [9.17, 15) is 4.79 Å². The second-order valence-corrected chi connectivity index (χ2v) is 5.95. The standard InChI is InChI=1S/C17H15ClN4O2/c18-14-9-20-17(21-10-14)24-15-5-2-6-22(11-15)16(23)13-4-1-3-12(7-13)8-19/h1,3-4,7,9-10,15H,2,5-6,11H2. The minimum absolute atomic E-state index is 0.0996. The SMILES string of the molecule is N#Cc1cccc(C(=O)N2CCCC(Oc3ncc(Cl)cn3)C2)c1. The molecule has 0 spiro atoms. The lowest BCUT2D eigenvalue weighted by Gasteiger charge is -2.32. The van der Waals surface area contributed by atoms with E-state index in [1.165, 1.54) is 12.4 Å². The number of rotatable bonds is 3. The highest BCUT2D eigenvalue weighted by Gasteiger charge is 2.26. The molecule has 1 aliphatic heterocycles. The van der Waals surface area contributed by atoms with Crippen molar-refractivity contribution in [3.8, 4) is 12.1 Å². The van der Waals surface area contributed by atoms with Crippen molar-refractivity contribution in [2.24, 2.45) is 0 Å². The van der Waals surface area contributed by atoms with Gasteiger partial charge in [0.1, 0.15) is 6.10 Å². The van der Waals surface area contributed by atoms with Crippen LogP contribution in [0.1, 0.15) is 28.8 Å². The lowest BCUT2D eigenvalue weighted by atomic mass is 10.1. The third kappa shape index (κ3) is 3.81. The highest BCUT2D eigenvalue weighted by molar-refractivity contribution is 6.30. The molecule has 3 rings (SSSR count). The Morgan fingerprint density at radius 3 is 2.92 bits per heavy atom. The molecule has 1 aromatic heterocycles. The minimum Gasteiger partial charge on any atom is -0.458 e. The molecule has 1 aromatic carbocycles. The number of aromatic nitrogens is 2. The van der Waals surface area contributed by atoms with Gasteiger partial charge in [0.25, 0.3) is 5.91 Å². The fraction of sp³-hybridized carbons (Fsp3) is 0.294. The fourth-order valence-corrected chi connectivity index (χ4v) is 2.73. The van der Waals surface area contributed by atoms with Crippen molar-refractivity contribution >= 4 is 17.5 Å². The topological polar surface area (TPSA) is 79.1 Å². The molecule has 2 aromatic rings. The Kier molecular flexibility index (Phi) is 4.92. The molecule has 122 valence electrons.